The van der Waals surface area contributed by atoms with Gasteiger partial charge in [-0.3, -0.25) is 9.36 Å². The highest BCUT2D eigenvalue weighted by atomic mass is 79.9. The third-order valence-corrected chi connectivity index (χ3v) is 6.26. The van der Waals surface area contributed by atoms with Crippen molar-refractivity contribution in [2.45, 2.75) is 18.2 Å². The van der Waals surface area contributed by atoms with E-state index >= 15 is 0 Å². The Morgan fingerprint density at radius 3 is 2.48 bits per heavy atom. The Morgan fingerprint density at radius 1 is 1.06 bits per heavy atom. The lowest BCUT2D eigenvalue weighted by Crippen LogP contribution is -2.15. The summed E-state index contributed by atoms with van der Waals surface area (Å²) in [6.45, 7) is 1.85. The van der Waals surface area contributed by atoms with E-state index in [0.717, 1.165) is 10.2 Å². The molecule has 4 rings (SSSR count). The number of carbonyl (C=O) groups is 1. The van der Waals surface area contributed by atoms with Gasteiger partial charge in [0.25, 0.3) is 0 Å². The highest BCUT2D eigenvalue weighted by Gasteiger charge is 2.21. The van der Waals surface area contributed by atoms with Crippen molar-refractivity contribution in [2.24, 2.45) is 0 Å². The SMILES string of the molecule is CC(Oc1ccc(F)cc1)c1nnc(SCC(=O)Nc2ccccc2Br)n1-c1ccccc1. The first-order chi connectivity index (χ1) is 16.0. The van der Waals surface area contributed by atoms with Gasteiger partial charge < -0.3 is 10.1 Å². The highest BCUT2D eigenvalue weighted by Crippen LogP contribution is 2.28. The predicted octanol–water partition coefficient (Wildman–Crippen LogP) is 6.04. The quantitative estimate of drug-likeness (QED) is 0.283. The molecule has 1 N–H and O–H groups in total. The first-order valence-corrected chi connectivity index (χ1v) is 11.9. The number of para-hydroxylation sites is 2. The van der Waals surface area contributed by atoms with Crippen LogP contribution in [0.3, 0.4) is 0 Å². The molecule has 0 aliphatic heterocycles. The molecule has 1 amide bonds. The van der Waals surface area contributed by atoms with E-state index in [1.807, 2.05) is 66.1 Å². The highest BCUT2D eigenvalue weighted by molar-refractivity contribution is 9.10. The Hall–Kier alpha value is -3.17. The zero-order chi connectivity index (χ0) is 23.2. The molecule has 4 aromatic rings. The van der Waals surface area contributed by atoms with Crippen LogP contribution in [0, 0.1) is 5.82 Å². The van der Waals surface area contributed by atoms with E-state index in [0.29, 0.717) is 22.4 Å². The molecule has 0 bridgehead atoms. The van der Waals surface area contributed by atoms with E-state index < -0.39 is 6.10 Å². The second-order valence-electron chi connectivity index (χ2n) is 7.04. The molecule has 168 valence electrons. The van der Waals surface area contributed by atoms with Crippen LogP contribution in [0.1, 0.15) is 18.9 Å². The number of benzene rings is 3. The Kier molecular flexibility index (Phi) is 7.41. The number of halogens is 2. The molecular weight excluding hydrogens is 507 g/mol. The summed E-state index contributed by atoms with van der Waals surface area (Å²) in [5, 5.41) is 12.1. The molecule has 1 unspecified atom stereocenters. The van der Waals surface area contributed by atoms with E-state index in [9.17, 15) is 9.18 Å². The Morgan fingerprint density at radius 2 is 1.76 bits per heavy atom. The van der Waals surface area contributed by atoms with E-state index in [1.54, 1.807) is 12.1 Å². The third-order valence-electron chi connectivity index (χ3n) is 4.64. The van der Waals surface area contributed by atoms with Gasteiger partial charge >= 0.3 is 0 Å². The van der Waals surface area contributed by atoms with Gasteiger partial charge in [-0.05, 0) is 71.4 Å². The van der Waals surface area contributed by atoms with E-state index in [-0.39, 0.29) is 17.5 Å². The first-order valence-electron chi connectivity index (χ1n) is 10.1. The minimum Gasteiger partial charge on any atom is -0.483 e. The zero-order valence-corrected chi connectivity index (χ0v) is 20.0. The number of aromatic nitrogens is 3. The fourth-order valence-electron chi connectivity index (χ4n) is 3.11. The molecule has 0 spiro atoms. The molecule has 1 heterocycles. The fourth-order valence-corrected chi connectivity index (χ4v) is 4.25. The van der Waals surface area contributed by atoms with Crippen molar-refractivity contribution < 1.29 is 13.9 Å². The van der Waals surface area contributed by atoms with Crippen LogP contribution >= 0.6 is 27.7 Å². The monoisotopic (exact) mass is 526 g/mol. The largest absolute Gasteiger partial charge is 0.483 e. The van der Waals surface area contributed by atoms with Crippen LogP contribution in [-0.2, 0) is 4.79 Å². The second-order valence-corrected chi connectivity index (χ2v) is 8.84. The second kappa shape index (κ2) is 10.6. The van der Waals surface area contributed by atoms with Gasteiger partial charge in [-0.15, -0.1) is 10.2 Å². The molecule has 1 atom stereocenters. The van der Waals surface area contributed by atoms with Crippen LogP contribution in [0.15, 0.2) is 88.5 Å². The summed E-state index contributed by atoms with van der Waals surface area (Å²) in [4.78, 5) is 12.5. The zero-order valence-electron chi connectivity index (χ0n) is 17.6. The maximum Gasteiger partial charge on any atom is 0.234 e. The maximum absolute atomic E-state index is 13.2. The molecule has 0 saturated carbocycles. The van der Waals surface area contributed by atoms with Gasteiger partial charge in [0.1, 0.15) is 11.6 Å². The fraction of sp³-hybridized carbons (Fsp3) is 0.125. The van der Waals surface area contributed by atoms with Crippen molar-refractivity contribution >= 4 is 39.3 Å². The number of hydrogen-bond donors (Lipinski definition) is 1. The minimum absolute atomic E-state index is 0.152. The van der Waals surface area contributed by atoms with Crippen LogP contribution in [0.25, 0.3) is 5.69 Å². The summed E-state index contributed by atoms with van der Waals surface area (Å²) in [5.41, 5.74) is 1.55. The van der Waals surface area contributed by atoms with Crippen LogP contribution in [0.2, 0.25) is 0 Å². The number of nitrogens with one attached hydrogen (secondary N) is 1. The molecule has 0 saturated heterocycles. The molecule has 3 aromatic carbocycles. The molecule has 0 aliphatic carbocycles. The molecule has 1 aromatic heterocycles. The van der Waals surface area contributed by atoms with E-state index in [4.69, 9.17) is 4.74 Å². The normalized spacial score (nSPS) is 11.7. The van der Waals surface area contributed by atoms with Crippen molar-refractivity contribution in [1.29, 1.82) is 0 Å². The van der Waals surface area contributed by atoms with Crippen molar-refractivity contribution in [3.8, 4) is 11.4 Å². The Balaban J connectivity index is 1.54. The van der Waals surface area contributed by atoms with Gasteiger partial charge in [0.05, 0.1) is 11.4 Å². The molecule has 0 radical (unpaired) electrons. The number of carbonyl (C=O) groups excluding carboxylic acids is 1. The first kappa shape index (κ1) is 23.0. The van der Waals surface area contributed by atoms with Crippen molar-refractivity contribution in [1.82, 2.24) is 14.8 Å². The number of nitrogens with zero attached hydrogens (tertiary/aromatic N) is 3. The summed E-state index contributed by atoms with van der Waals surface area (Å²) in [5.74, 6) is 0.751. The van der Waals surface area contributed by atoms with Crippen LogP contribution < -0.4 is 10.1 Å². The molecule has 0 fully saturated rings. The van der Waals surface area contributed by atoms with Gasteiger partial charge in [-0.1, -0.05) is 42.1 Å². The number of thioether (sulfide) groups is 1. The molecule has 6 nitrogen and oxygen atoms in total. The van der Waals surface area contributed by atoms with Crippen LogP contribution in [-0.4, -0.2) is 26.4 Å². The topological polar surface area (TPSA) is 69.0 Å². The number of rotatable bonds is 8. The number of anilines is 1. The number of amides is 1. The van der Waals surface area contributed by atoms with E-state index in [2.05, 4.69) is 31.4 Å². The lowest BCUT2D eigenvalue weighted by molar-refractivity contribution is -0.113. The number of hydrogen-bond acceptors (Lipinski definition) is 5. The van der Waals surface area contributed by atoms with Gasteiger partial charge in [-0.25, -0.2) is 4.39 Å². The Labute approximate surface area is 203 Å². The summed E-state index contributed by atoms with van der Waals surface area (Å²) >= 11 is 4.71. The van der Waals surface area contributed by atoms with Crippen LogP contribution in [0.5, 0.6) is 5.75 Å². The lowest BCUT2D eigenvalue weighted by Gasteiger charge is -2.16. The average Bonchev–Trinajstić information content (AvgIpc) is 3.25. The summed E-state index contributed by atoms with van der Waals surface area (Å²) in [6.07, 6.45) is -0.466. The standard InChI is InChI=1S/C24H20BrFN4O2S/c1-16(32-19-13-11-17(26)12-14-19)23-28-29-24(30(23)18-7-3-2-4-8-18)33-15-22(31)27-21-10-6-5-9-20(21)25/h2-14,16H,15H2,1H3,(H,27,31). The van der Waals surface area contributed by atoms with Gasteiger partial charge in [0.15, 0.2) is 17.1 Å². The van der Waals surface area contributed by atoms with E-state index in [1.165, 1.54) is 23.9 Å². The van der Waals surface area contributed by atoms with Crippen molar-refractivity contribution in [2.75, 3.05) is 11.1 Å². The molecule has 0 aliphatic rings. The molecular formula is C24H20BrFN4O2S. The number of ether oxygens (including phenoxy) is 1. The lowest BCUT2D eigenvalue weighted by atomic mass is 10.3. The predicted molar refractivity (Wildman–Crippen MR) is 130 cm³/mol. The van der Waals surface area contributed by atoms with Crippen molar-refractivity contribution in [3.63, 3.8) is 0 Å². The Bertz CT molecular complexity index is 1230. The third kappa shape index (κ3) is 5.80. The van der Waals surface area contributed by atoms with Crippen molar-refractivity contribution in [3.05, 3.63) is 95.0 Å². The van der Waals surface area contributed by atoms with Crippen LogP contribution in [0.4, 0.5) is 10.1 Å². The smallest absolute Gasteiger partial charge is 0.234 e. The summed E-state index contributed by atoms with van der Waals surface area (Å²) in [7, 11) is 0. The summed E-state index contributed by atoms with van der Waals surface area (Å²) in [6, 6.07) is 22.9. The van der Waals surface area contributed by atoms with Gasteiger partial charge in [0, 0.05) is 10.2 Å². The van der Waals surface area contributed by atoms with Gasteiger partial charge in [-0.2, -0.15) is 0 Å². The maximum atomic E-state index is 13.2. The summed E-state index contributed by atoms with van der Waals surface area (Å²) < 4.78 is 21.9. The molecule has 33 heavy (non-hydrogen) atoms. The average molecular weight is 527 g/mol. The molecule has 9 heteroatoms. The minimum atomic E-state index is -0.466. The van der Waals surface area contributed by atoms with Gasteiger partial charge in [0.2, 0.25) is 5.91 Å².